The lowest BCUT2D eigenvalue weighted by Crippen LogP contribution is -2.16. The van der Waals surface area contributed by atoms with Gasteiger partial charge in [-0.3, -0.25) is 0 Å². The van der Waals surface area contributed by atoms with Gasteiger partial charge >= 0.3 is 0 Å². The minimum absolute atomic E-state index is 0.0747. The molecule has 1 aromatic carbocycles. The van der Waals surface area contributed by atoms with Crippen LogP contribution in [0, 0.1) is 5.82 Å². The summed E-state index contributed by atoms with van der Waals surface area (Å²) >= 11 is 5.06. The van der Waals surface area contributed by atoms with E-state index in [-0.39, 0.29) is 11.9 Å². The summed E-state index contributed by atoms with van der Waals surface area (Å²) in [5.74, 6) is 0.387. The fourth-order valence-electron chi connectivity index (χ4n) is 2.14. The van der Waals surface area contributed by atoms with Crippen molar-refractivity contribution in [1.29, 1.82) is 0 Å². The Morgan fingerprint density at radius 1 is 1.37 bits per heavy atom. The first-order valence-electron chi connectivity index (χ1n) is 5.78. The SMILES string of the molecule is CNC(c1csc(Br)c1)c1cc2cccc(F)c2o1. The second-order valence-electron chi connectivity index (χ2n) is 4.21. The largest absolute Gasteiger partial charge is 0.456 e. The molecule has 98 valence electrons. The minimum atomic E-state index is -0.329. The van der Waals surface area contributed by atoms with Gasteiger partial charge in [-0.15, -0.1) is 11.3 Å². The molecule has 3 aromatic rings. The third kappa shape index (κ3) is 2.33. The van der Waals surface area contributed by atoms with Gasteiger partial charge in [-0.25, -0.2) is 4.39 Å². The van der Waals surface area contributed by atoms with Gasteiger partial charge in [0.1, 0.15) is 5.76 Å². The summed E-state index contributed by atoms with van der Waals surface area (Å²) in [6.07, 6.45) is 0. The number of rotatable bonds is 3. The Bertz CT molecular complexity index is 721. The van der Waals surface area contributed by atoms with Crippen LogP contribution in [0.4, 0.5) is 4.39 Å². The van der Waals surface area contributed by atoms with E-state index >= 15 is 0 Å². The van der Waals surface area contributed by atoms with Crippen LogP contribution in [0.2, 0.25) is 0 Å². The molecule has 0 radical (unpaired) electrons. The van der Waals surface area contributed by atoms with E-state index in [2.05, 4.69) is 26.6 Å². The minimum Gasteiger partial charge on any atom is -0.456 e. The van der Waals surface area contributed by atoms with E-state index in [9.17, 15) is 4.39 Å². The van der Waals surface area contributed by atoms with Crippen molar-refractivity contribution >= 4 is 38.2 Å². The van der Waals surface area contributed by atoms with Crippen LogP contribution < -0.4 is 5.32 Å². The lowest BCUT2D eigenvalue weighted by Gasteiger charge is -2.11. The highest BCUT2D eigenvalue weighted by molar-refractivity contribution is 9.11. The van der Waals surface area contributed by atoms with Crippen molar-refractivity contribution in [3.63, 3.8) is 0 Å². The summed E-state index contributed by atoms with van der Waals surface area (Å²) in [4.78, 5) is 0. The number of para-hydroxylation sites is 1. The Morgan fingerprint density at radius 3 is 2.84 bits per heavy atom. The van der Waals surface area contributed by atoms with Crippen molar-refractivity contribution in [2.45, 2.75) is 6.04 Å². The van der Waals surface area contributed by atoms with Crippen LogP contribution in [0.1, 0.15) is 17.4 Å². The molecular weight excluding hydrogens is 329 g/mol. The first-order valence-corrected chi connectivity index (χ1v) is 7.45. The molecule has 0 aliphatic carbocycles. The van der Waals surface area contributed by atoms with Crippen LogP contribution in [-0.4, -0.2) is 7.05 Å². The standard InChI is InChI=1S/C14H11BrFNOS/c1-17-13(9-6-12(15)19-7-9)11-5-8-3-2-4-10(16)14(8)18-11/h2-7,13,17H,1H3. The summed E-state index contributed by atoms with van der Waals surface area (Å²) in [6, 6.07) is 8.79. The highest BCUT2D eigenvalue weighted by atomic mass is 79.9. The summed E-state index contributed by atoms with van der Waals surface area (Å²) in [5.41, 5.74) is 1.41. The van der Waals surface area contributed by atoms with Crippen molar-refractivity contribution in [2.24, 2.45) is 0 Å². The Morgan fingerprint density at radius 2 is 2.21 bits per heavy atom. The molecule has 0 saturated heterocycles. The number of halogens is 2. The van der Waals surface area contributed by atoms with Crippen LogP contribution in [0.25, 0.3) is 11.0 Å². The summed E-state index contributed by atoms with van der Waals surface area (Å²) in [5, 5.41) is 6.03. The molecule has 0 aliphatic rings. The third-order valence-corrected chi connectivity index (χ3v) is 4.53. The molecular formula is C14H11BrFNOS. The summed E-state index contributed by atoms with van der Waals surface area (Å²) in [6.45, 7) is 0. The van der Waals surface area contributed by atoms with Gasteiger partial charge in [0.15, 0.2) is 11.4 Å². The summed E-state index contributed by atoms with van der Waals surface area (Å²) in [7, 11) is 1.86. The normalized spacial score (nSPS) is 13.0. The average molecular weight is 340 g/mol. The van der Waals surface area contributed by atoms with E-state index < -0.39 is 0 Å². The van der Waals surface area contributed by atoms with Gasteiger partial charge in [0, 0.05) is 5.39 Å². The molecule has 3 rings (SSSR count). The third-order valence-electron chi connectivity index (χ3n) is 3.01. The predicted molar refractivity (Wildman–Crippen MR) is 79.1 cm³/mol. The van der Waals surface area contributed by atoms with E-state index in [1.807, 2.05) is 25.2 Å². The molecule has 1 unspecified atom stereocenters. The Kier molecular flexibility index (Phi) is 3.43. The monoisotopic (exact) mass is 339 g/mol. The van der Waals surface area contributed by atoms with Crippen LogP contribution in [0.5, 0.6) is 0 Å². The highest BCUT2D eigenvalue weighted by Crippen LogP contribution is 2.32. The van der Waals surface area contributed by atoms with Crippen molar-refractivity contribution in [3.05, 3.63) is 56.6 Å². The van der Waals surface area contributed by atoms with E-state index in [1.54, 1.807) is 17.4 Å². The number of thiophene rings is 1. The number of hydrogen-bond donors (Lipinski definition) is 1. The molecule has 0 spiro atoms. The molecule has 0 saturated carbocycles. The van der Waals surface area contributed by atoms with E-state index in [4.69, 9.17) is 4.42 Å². The lowest BCUT2D eigenvalue weighted by molar-refractivity contribution is 0.477. The zero-order valence-corrected chi connectivity index (χ0v) is 12.5. The van der Waals surface area contributed by atoms with Crippen LogP contribution >= 0.6 is 27.3 Å². The first-order chi connectivity index (χ1) is 9.19. The quantitative estimate of drug-likeness (QED) is 0.747. The highest BCUT2D eigenvalue weighted by Gasteiger charge is 2.19. The molecule has 2 nitrogen and oxygen atoms in total. The maximum absolute atomic E-state index is 13.7. The molecule has 5 heteroatoms. The Labute approximate surface area is 122 Å². The number of fused-ring (bicyclic) bond motifs is 1. The number of benzene rings is 1. The van der Waals surface area contributed by atoms with Gasteiger partial charge in [0.2, 0.25) is 0 Å². The fraction of sp³-hybridized carbons (Fsp3) is 0.143. The van der Waals surface area contributed by atoms with Gasteiger partial charge in [-0.1, -0.05) is 12.1 Å². The summed E-state index contributed by atoms with van der Waals surface area (Å²) < 4.78 is 20.4. The van der Waals surface area contributed by atoms with Crippen molar-refractivity contribution in [1.82, 2.24) is 5.32 Å². The van der Waals surface area contributed by atoms with Crippen molar-refractivity contribution < 1.29 is 8.81 Å². The number of hydrogen-bond acceptors (Lipinski definition) is 3. The molecule has 0 bridgehead atoms. The Balaban J connectivity index is 2.09. The molecule has 2 aromatic heterocycles. The number of nitrogens with one attached hydrogen (secondary N) is 1. The maximum atomic E-state index is 13.7. The molecule has 2 heterocycles. The maximum Gasteiger partial charge on any atom is 0.169 e. The molecule has 1 atom stereocenters. The molecule has 0 amide bonds. The van der Waals surface area contributed by atoms with Gasteiger partial charge in [-0.05, 0) is 52.1 Å². The van der Waals surface area contributed by atoms with Gasteiger partial charge in [0.25, 0.3) is 0 Å². The van der Waals surface area contributed by atoms with Crippen LogP contribution in [-0.2, 0) is 0 Å². The number of furan rings is 1. The lowest BCUT2D eigenvalue weighted by atomic mass is 10.1. The predicted octanol–water partition coefficient (Wildman–Crippen LogP) is 4.70. The van der Waals surface area contributed by atoms with Gasteiger partial charge in [-0.2, -0.15) is 0 Å². The van der Waals surface area contributed by atoms with E-state index in [0.29, 0.717) is 11.3 Å². The average Bonchev–Trinajstić information content (AvgIpc) is 2.98. The smallest absolute Gasteiger partial charge is 0.169 e. The van der Waals surface area contributed by atoms with E-state index in [0.717, 1.165) is 14.7 Å². The van der Waals surface area contributed by atoms with Crippen molar-refractivity contribution in [2.75, 3.05) is 7.05 Å². The second kappa shape index (κ2) is 5.07. The van der Waals surface area contributed by atoms with Crippen molar-refractivity contribution in [3.8, 4) is 0 Å². The second-order valence-corrected chi connectivity index (χ2v) is 6.50. The van der Waals surface area contributed by atoms with Gasteiger partial charge < -0.3 is 9.73 Å². The fourth-order valence-corrected chi connectivity index (χ4v) is 3.34. The molecule has 1 N–H and O–H groups in total. The first kappa shape index (κ1) is 12.8. The molecule has 0 aliphatic heterocycles. The van der Waals surface area contributed by atoms with E-state index in [1.165, 1.54) is 6.07 Å². The zero-order chi connectivity index (χ0) is 13.4. The molecule has 0 fully saturated rings. The Hall–Kier alpha value is -1.17. The van der Waals surface area contributed by atoms with Crippen LogP contribution in [0.3, 0.4) is 0 Å². The zero-order valence-electron chi connectivity index (χ0n) is 10.1. The molecule has 19 heavy (non-hydrogen) atoms. The van der Waals surface area contributed by atoms with Gasteiger partial charge in [0.05, 0.1) is 9.83 Å². The topological polar surface area (TPSA) is 25.2 Å². The van der Waals surface area contributed by atoms with Crippen LogP contribution in [0.15, 0.2) is 43.9 Å².